The highest BCUT2D eigenvalue weighted by Crippen LogP contribution is 2.31. The first kappa shape index (κ1) is 16.0. The summed E-state index contributed by atoms with van der Waals surface area (Å²) < 4.78 is 33.7. The predicted octanol–water partition coefficient (Wildman–Crippen LogP) is 4.07. The number of sulfonamides is 1. The van der Waals surface area contributed by atoms with Crippen LogP contribution in [-0.2, 0) is 10.0 Å². The molecule has 23 heavy (non-hydrogen) atoms. The Hall–Kier alpha value is -1.83. The Labute approximate surface area is 142 Å². The fraction of sp³-hybridized carbons (Fsp3) is 0.133. The highest BCUT2D eigenvalue weighted by molar-refractivity contribution is 7.93. The van der Waals surface area contributed by atoms with E-state index in [1.54, 1.807) is 36.4 Å². The van der Waals surface area contributed by atoms with Crippen LogP contribution >= 0.6 is 22.9 Å². The lowest BCUT2D eigenvalue weighted by molar-refractivity contribution is 0.402. The Kier molecular flexibility index (Phi) is 4.18. The first-order chi connectivity index (χ1) is 10.9. The van der Waals surface area contributed by atoms with Gasteiger partial charge in [-0.25, -0.2) is 13.4 Å². The monoisotopic (exact) mass is 368 g/mol. The van der Waals surface area contributed by atoms with Gasteiger partial charge in [-0.1, -0.05) is 29.0 Å². The van der Waals surface area contributed by atoms with E-state index < -0.39 is 10.0 Å². The van der Waals surface area contributed by atoms with Crippen LogP contribution in [0.1, 0.15) is 5.56 Å². The lowest BCUT2D eigenvalue weighted by atomic mass is 10.2. The predicted molar refractivity (Wildman–Crippen MR) is 93.2 cm³/mol. The SMILES string of the molecule is COc1ccc(C)cc1S(=O)(=O)Nc1nc2ccc(Cl)cc2s1. The smallest absolute Gasteiger partial charge is 0.267 e. The Morgan fingerprint density at radius 1 is 1.22 bits per heavy atom. The lowest BCUT2D eigenvalue weighted by Gasteiger charge is -2.10. The number of nitrogens with zero attached hydrogens (tertiary/aromatic N) is 1. The molecule has 0 saturated carbocycles. The van der Waals surface area contributed by atoms with Crippen LogP contribution in [0.3, 0.4) is 0 Å². The second-order valence-electron chi connectivity index (χ2n) is 4.89. The van der Waals surface area contributed by atoms with E-state index >= 15 is 0 Å². The molecule has 0 radical (unpaired) electrons. The second kappa shape index (κ2) is 5.99. The molecule has 1 aromatic heterocycles. The van der Waals surface area contributed by atoms with Crippen LogP contribution in [0, 0.1) is 6.92 Å². The first-order valence-electron chi connectivity index (χ1n) is 6.62. The van der Waals surface area contributed by atoms with Gasteiger partial charge < -0.3 is 4.74 Å². The summed E-state index contributed by atoms with van der Waals surface area (Å²) in [5.41, 5.74) is 1.51. The third kappa shape index (κ3) is 3.26. The second-order valence-corrected chi connectivity index (χ2v) is 8.01. The van der Waals surface area contributed by atoms with E-state index in [-0.39, 0.29) is 15.8 Å². The maximum absolute atomic E-state index is 12.6. The zero-order chi connectivity index (χ0) is 16.6. The largest absolute Gasteiger partial charge is 0.495 e. The van der Waals surface area contributed by atoms with Crippen LogP contribution < -0.4 is 9.46 Å². The van der Waals surface area contributed by atoms with Crippen molar-refractivity contribution >= 4 is 48.3 Å². The van der Waals surface area contributed by atoms with Gasteiger partial charge >= 0.3 is 0 Å². The number of nitrogens with one attached hydrogen (secondary N) is 1. The number of aryl methyl sites for hydroxylation is 1. The summed E-state index contributed by atoms with van der Waals surface area (Å²) in [6.45, 7) is 1.82. The Morgan fingerprint density at radius 3 is 2.74 bits per heavy atom. The molecule has 0 bridgehead atoms. The van der Waals surface area contributed by atoms with Crippen LogP contribution in [-0.4, -0.2) is 20.5 Å². The normalized spacial score (nSPS) is 11.6. The fourth-order valence-corrected chi connectivity index (χ4v) is 4.74. The third-order valence-electron chi connectivity index (χ3n) is 3.18. The molecule has 3 rings (SSSR count). The zero-order valence-corrected chi connectivity index (χ0v) is 14.7. The van der Waals surface area contributed by atoms with E-state index in [0.717, 1.165) is 10.3 Å². The molecule has 0 spiro atoms. The number of halogens is 1. The number of aromatic nitrogens is 1. The minimum Gasteiger partial charge on any atom is -0.495 e. The Bertz CT molecular complexity index is 984. The molecule has 0 aliphatic heterocycles. The standard InChI is InChI=1S/C15H13ClN2O3S2/c1-9-3-6-12(21-2)14(7-9)23(19,20)18-15-17-11-5-4-10(16)8-13(11)22-15/h3-8H,1-2H3,(H,17,18). The molecule has 0 aliphatic carbocycles. The van der Waals surface area contributed by atoms with Crippen LogP contribution in [0.2, 0.25) is 5.02 Å². The topological polar surface area (TPSA) is 68.3 Å². The third-order valence-corrected chi connectivity index (χ3v) is 5.84. The van der Waals surface area contributed by atoms with Gasteiger partial charge in [0.2, 0.25) is 0 Å². The molecule has 5 nitrogen and oxygen atoms in total. The molecule has 0 saturated heterocycles. The quantitative estimate of drug-likeness (QED) is 0.753. The number of hydrogen-bond acceptors (Lipinski definition) is 5. The van der Waals surface area contributed by atoms with E-state index in [9.17, 15) is 8.42 Å². The van der Waals surface area contributed by atoms with E-state index in [4.69, 9.17) is 16.3 Å². The van der Waals surface area contributed by atoms with E-state index in [1.165, 1.54) is 18.4 Å². The summed E-state index contributed by atoms with van der Waals surface area (Å²) in [6, 6.07) is 10.2. The Balaban J connectivity index is 2.01. The van der Waals surface area contributed by atoms with Crippen molar-refractivity contribution in [1.29, 1.82) is 0 Å². The van der Waals surface area contributed by atoms with E-state index in [0.29, 0.717) is 10.5 Å². The number of thiazole rings is 1. The maximum atomic E-state index is 12.6. The summed E-state index contributed by atoms with van der Waals surface area (Å²) >= 11 is 7.16. The number of anilines is 1. The van der Waals surface area contributed by atoms with Crippen molar-refractivity contribution in [2.24, 2.45) is 0 Å². The van der Waals surface area contributed by atoms with Crippen molar-refractivity contribution in [1.82, 2.24) is 4.98 Å². The number of rotatable bonds is 4. The minimum atomic E-state index is -3.80. The van der Waals surface area contributed by atoms with Crippen molar-refractivity contribution in [3.8, 4) is 5.75 Å². The molecular weight excluding hydrogens is 356 g/mol. The van der Waals surface area contributed by atoms with Crippen molar-refractivity contribution in [3.05, 3.63) is 47.0 Å². The fourth-order valence-electron chi connectivity index (χ4n) is 2.11. The highest BCUT2D eigenvalue weighted by Gasteiger charge is 2.21. The number of fused-ring (bicyclic) bond motifs is 1. The summed E-state index contributed by atoms with van der Waals surface area (Å²) in [6.07, 6.45) is 0. The lowest BCUT2D eigenvalue weighted by Crippen LogP contribution is -2.14. The summed E-state index contributed by atoms with van der Waals surface area (Å²) in [4.78, 5) is 4.35. The highest BCUT2D eigenvalue weighted by atomic mass is 35.5. The maximum Gasteiger partial charge on any atom is 0.267 e. The summed E-state index contributed by atoms with van der Waals surface area (Å²) in [5.74, 6) is 0.284. The Morgan fingerprint density at radius 2 is 2.00 bits per heavy atom. The molecular formula is C15H13ClN2O3S2. The summed E-state index contributed by atoms with van der Waals surface area (Å²) in [7, 11) is -2.36. The molecule has 0 aliphatic rings. The van der Waals surface area contributed by atoms with E-state index in [2.05, 4.69) is 9.71 Å². The van der Waals surface area contributed by atoms with Gasteiger partial charge in [-0.05, 0) is 42.8 Å². The molecule has 0 unspecified atom stereocenters. The van der Waals surface area contributed by atoms with Gasteiger partial charge in [0.25, 0.3) is 10.0 Å². The first-order valence-corrected chi connectivity index (χ1v) is 9.30. The van der Waals surface area contributed by atoms with Crippen LogP contribution in [0.15, 0.2) is 41.3 Å². The number of benzene rings is 2. The minimum absolute atomic E-state index is 0.0808. The van der Waals surface area contributed by atoms with Gasteiger partial charge in [-0.2, -0.15) is 0 Å². The van der Waals surface area contributed by atoms with Gasteiger partial charge in [0.15, 0.2) is 5.13 Å². The van der Waals surface area contributed by atoms with Crippen LogP contribution in [0.25, 0.3) is 10.2 Å². The van der Waals surface area contributed by atoms with Crippen molar-refractivity contribution < 1.29 is 13.2 Å². The molecule has 1 N–H and O–H groups in total. The van der Waals surface area contributed by atoms with Gasteiger partial charge in [0, 0.05) is 5.02 Å². The van der Waals surface area contributed by atoms with Crippen LogP contribution in [0.4, 0.5) is 5.13 Å². The van der Waals surface area contributed by atoms with Gasteiger partial charge in [-0.15, -0.1) is 0 Å². The average molecular weight is 369 g/mol. The van der Waals surface area contributed by atoms with Crippen molar-refractivity contribution in [3.63, 3.8) is 0 Å². The molecule has 0 fully saturated rings. The number of methoxy groups -OCH3 is 1. The van der Waals surface area contributed by atoms with Gasteiger partial charge in [-0.3, -0.25) is 4.72 Å². The van der Waals surface area contributed by atoms with Crippen molar-refractivity contribution in [2.45, 2.75) is 11.8 Å². The number of ether oxygens (including phenoxy) is 1. The molecule has 120 valence electrons. The number of hydrogen-bond donors (Lipinski definition) is 1. The summed E-state index contributed by atoms with van der Waals surface area (Å²) in [5, 5.41) is 0.863. The molecule has 0 atom stereocenters. The molecule has 0 amide bonds. The molecule has 8 heteroatoms. The van der Waals surface area contributed by atoms with Crippen LogP contribution in [0.5, 0.6) is 5.75 Å². The average Bonchev–Trinajstić information content (AvgIpc) is 2.87. The van der Waals surface area contributed by atoms with Crippen molar-refractivity contribution in [2.75, 3.05) is 11.8 Å². The van der Waals surface area contributed by atoms with Gasteiger partial charge in [0.1, 0.15) is 10.6 Å². The molecule has 3 aromatic rings. The van der Waals surface area contributed by atoms with E-state index in [1.807, 2.05) is 6.92 Å². The zero-order valence-electron chi connectivity index (χ0n) is 12.3. The molecule has 2 aromatic carbocycles. The van der Waals surface area contributed by atoms with Gasteiger partial charge in [0.05, 0.1) is 17.3 Å². The molecule has 1 heterocycles.